The molecule has 15 heteroatoms. The highest BCUT2D eigenvalue weighted by molar-refractivity contribution is 14.1. The minimum atomic E-state index is -1.67. The lowest BCUT2D eigenvalue weighted by Gasteiger charge is -2.34. The molecule has 3 aromatic carbocycles. The summed E-state index contributed by atoms with van der Waals surface area (Å²) in [4.78, 5) is 70.8. The van der Waals surface area contributed by atoms with Gasteiger partial charge in [0.2, 0.25) is 0 Å². The number of amides is 3. The maximum atomic E-state index is 14.4. The van der Waals surface area contributed by atoms with E-state index in [0.29, 0.717) is 36.2 Å². The van der Waals surface area contributed by atoms with Crippen LogP contribution in [0.5, 0.6) is 0 Å². The molecule has 4 N–H and O–H groups in total. The topological polar surface area (TPSA) is 192 Å². The maximum absolute atomic E-state index is 14.4. The number of nitro groups is 1. The van der Waals surface area contributed by atoms with Gasteiger partial charge in [-0.25, -0.2) is 14.9 Å². The number of anilines is 1. The van der Waals surface area contributed by atoms with Crippen LogP contribution in [0.15, 0.2) is 84.9 Å². The fraction of sp³-hybridized carbons (Fsp3) is 0.324. The summed E-state index contributed by atoms with van der Waals surface area (Å²) in [5.41, 5.74) is 6.70. The van der Waals surface area contributed by atoms with Gasteiger partial charge in [-0.15, -0.1) is 0 Å². The van der Waals surface area contributed by atoms with Crippen molar-refractivity contribution >= 4 is 57.9 Å². The number of carbonyl (C=O) groups is 4. The fourth-order valence-electron chi connectivity index (χ4n) is 5.65. The number of likely N-dealkylation sites (tertiary alicyclic amines) is 1. The van der Waals surface area contributed by atoms with Gasteiger partial charge in [0.15, 0.2) is 17.0 Å². The Morgan fingerprint density at radius 2 is 1.69 bits per heavy atom. The lowest BCUT2D eigenvalue weighted by molar-refractivity contribution is -0.640. The van der Waals surface area contributed by atoms with Gasteiger partial charge in [0.05, 0.1) is 0 Å². The molecule has 3 atom stereocenters. The summed E-state index contributed by atoms with van der Waals surface area (Å²) in [7, 11) is 0. The van der Waals surface area contributed by atoms with Gasteiger partial charge < -0.3 is 20.7 Å². The Kier molecular flexibility index (Phi) is 13.0. The molecule has 1 fully saturated rings. The van der Waals surface area contributed by atoms with E-state index in [1.54, 1.807) is 84.9 Å². The molecule has 258 valence electrons. The first kappa shape index (κ1) is 36.8. The third-order valence-corrected chi connectivity index (χ3v) is 8.79. The van der Waals surface area contributed by atoms with Gasteiger partial charge in [-0.05, 0) is 102 Å². The summed E-state index contributed by atoms with van der Waals surface area (Å²) in [5.74, 6) is -3.38. The lowest BCUT2D eigenvalue weighted by Crippen LogP contribution is -2.59. The van der Waals surface area contributed by atoms with Crippen LogP contribution in [0.1, 0.15) is 48.5 Å². The van der Waals surface area contributed by atoms with Crippen LogP contribution in [0.2, 0.25) is 0 Å². The van der Waals surface area contributed by atoms with E-state index in [2.05, 4.69) is 27.9 Å². The predicted octanol–water partition coefficient (Wildman–Crippen LogP) is 3.71. The van der Waals surface area contributed by atoms with E-state index in [1.165, 1.54) is 11.8 Å². The lowest BCUT2D eigenvalue weighted by atomic mass is 10.1. The second kappa shape index (κ2) is 17.4. The van der Waals surface area contributed by atoms with Gasteiger partial charge in [0.25, 0.3) is 11.8 Å². The van der Waals surface area contributed by atoms with E-state index >= 15 is 0 Å². The second-order valence-electron chi connectivity index (χ2n) is 11.4. The molecule has 0 spiro atoms. The largest absolute Gasteiger partial charge is 0.459 e. The van der Waals surface area contributed by atoms with Crippen LogP contribution >= 0.6 is 22.6 Å². The molecule has 1 aliphatic heterocycles. The Balaban J connectivity index is 1.64. The average Bonchev–Trinajstić information content (AvgIpc) is 3.59. The first-order valence-corrected chi connectivity index (χ1v) is 16.8. The summed E-state index contributed by atoms with van der Waals surface area (Å²) in [6, 6.07) is 19.8. The Morgan fingerprint density at radius 1 is 1.06 bits per heavy atom. The number of benzene rings is 3. The van der Waals surface area contributed by atoms with Crippen molar-refractivity contribution in [2.75, 3.05) is 18.0 Å². The number of esters is 1. The van der Waals surface area contributed by atoms with E-state index in [1.807, 2.05) is 0 Å². The van der Waals surface area contributed by atoms with Crippen molar-refractivity contribution in [3.8, 4) is 0 Å². The SMILES string of the molecule is CC(C(=O)N(C(CCCNC(=N)N)C(=O)OCc1ccccc1)[N+](=O)[O-])N(C(=O)C1CCCN1C(=O)c1ccc(I)cc1)c1ccccc1. The quantitative estimate of drug-likeness (QED) is 0.0416. The molecule has 49 heavy (non-hydrogen) atoms. The Bertz CT molecular complexity index is 1640. The number of carbonyl (C=O) groups excluding carboxylic acids is 4. The number of hydrazine groups is 1. The first-order valence-electron chi connectivity index (χ1n) is 15.7. The Morgan fingerprint density at radius 3 is 2.31 bits per heavy atom. The summed E-state index contributed by atoms with van der Waals surface area (Å²) in [6.45, 7) is 1.59. The standard InChI is InChI=1S/C34H38IN7O7/c1-23(30(43)41(42(47)48)29(14-8-20-38-34(36)37)33(46)49-22-24-10-4-2-5-11-24)40(27-12-6-3-7-13-27)32(45)28-15-9-21-39(28)31(44)25-16-18-26(35)19-17-25/h2-7,10-13,16-19,23,28-29H,8-9,14-15,20-22H2,1H3,(H4,36,37,38). The highest BCUT2D eigenvalue weighted by atomic mass is 127. The zero-order chi connectivity index (χ0) is 35.5. The minimum Gasteiger partial charge on any atom is -0.459 e. The molecule has 3 amide bonds. The van der Waals surface area contributed by atoms with Crippen molar-refractivity contribution in [3.63, 3.8) is 0 Å². The predicted molar refractivity (Wildman–Crippen MR) is 190 cm³/mol. The number of hydrogen-bond acceptors (Lipinski definition) is 8. The minimum absolute atomic E-state index is 0.105. The third kappa shape index (κ3) is 9.52. The smallest absolute Gasteiger partial charge is 0.335 e. The molecule has 0 aliphatic carbocycles. The molecule has 0 aromatic heterocycles. The summed E-state index contributed by atoms with van der Waals surface area (Å²) in [6.07, 6.45) is 0.793. The maximum Gasteiger partial charge on any atom is 0.335 e. The summed E-state index contributed by atoms with van der Waals surface area (Å²) >= 11 is 2.13. The normalized spacial score (nSPS) is 15.1. The number of hydrogen-bond donors (Lipinski definition) is 3. The van der Waals surface area contributed by atoms with E-state index in [4.69, 9.17) is 15.9 Å². The van der Waals surface area contributed by atoms with Crippen molar-refractivity contribution in [1.29, 1.82) is 5.41 Å². The van der Waals surface area contributed by atoms with Crippen LogP contribution in [-0.2, 0) is 25.7 Å². The van der Waals surface area contributed by atoms with Gasteiger partial charge in [-0.1, -0.05) is 48.5 Å². The highest BCUT2D eigenvalue weighted by Gasteiger charge is 2.46. The summed E-state index contributed by atoms with van der Waals surface area (Å²) in [5, 5.41) is 21.8. The molecule has 0 bridgehead atoms. The third-order valence-electron chi connectivity index (χ3n) is 8.07. The molecular formula is C34H38IN7O7. The summed E-state index contributed by atoms with van der Waals surface area (Å²) < 4.78 is 6.39. The molecule has 0 radical (unpaired) electrons. The van der Waals surface area contributed by atoms with E-state index in [9.17, 15) is 29.3 Å². The molecule has 3 aromatic rings. The van der Waals surface area contributed by atoms with Gasteiger partial charge in [0.1, 0.15) is 18.7 Å². The van der Waals surface area contributed by atoms with Crippen molar-refractivity contribution in [1.82, 2.24) is 15.2 Å². The number of nitrogens with one attached hydrogen (secondary N) is 2. The van der Waals surface area contributed by atoms with Crippen molar-refractivity contribution < 1.29 is 28.9 Å². The van der Waals surface area contributed by atoms with Gasteiger partial charge >= 0.3 is 11.9 Å². The number of nitrogens with two attached hydrogens (primary N) is 1. The molecule has 0 saturated carbocycles. The highest BCUT2D eigenvalue weighted by Crippen LogP contribution is 2.28. The molecular weight excluding hydrogens is 745 g/mol. The fourth-order valence-corrected chi connectivity index (χ4v) is 6.01. The van der Waals surface area contributed by atoms with E-state index in [-0.39, 0.29) is 42.9 Å². The molecule has 1 heterocycles. The van der Waals surface area contributed by atoms with E-state index < -0.39 is 40.9 Å². The van der Waals surface area contributed by atoms with Gasteiger partial charge in [0, 0.05) is 27.9 Å². The van der Waals surface area contributed by atoms with Crippen molar-refractivity contribution in [2.45, 2.75) is 57.3 Å². The number of rotatable bonds is 14. The molecule has 14 nitrogen and oxygen atoms in total. The van der Waals surface area contributed by atoms with Gasteiger partial charge in [-0.2, -0.15) is 0 Å². The zero-order valence-corrected chi connectivity index (χ0v) is 29.0. The first-order chi connectivity index (χ1) is 23.5. The van der Waals surface area contributed by atoms with Crippen LogP contribution in [0.4, 0.5) is 5.69 Å². The molecule has 3 unspecified atom stereocenters. The van der Waals surface area contributed by atoms with Gasteiger partial charge in [-0.3, -0.25) is 24.7 Å². The average molecular weight is 784 g/mol. The number of guanidine groups is 1. The Hall–Kier alpha value is -5.06. The number of nitrogens with zero attached hydrogens (tertiary/aromatic N) is 4. The van der Waals surface area contributed by atoms with Crippen LogP contribution < -0.4 is 16.0 Å². The monoisotopic (exact) mass is 783 g/mol. The van der Waals surface area contributed by atoms with Crippen LogP contribution in [0.3, 0.4) is 0 Å². The number of ether oxygens (including phenoxy) is 1. The zero-order valence-electron chi connectivity index (χ0n) is 26.9. The second-order valence-corrected chi connectivity index (χ2v) is 12.6. The molecule has 1 aliphatic rings. The van der Waals surface area contributed by atoms with Crippen LogP contribution in [-0.4, -0.2) is 75.8 Å². The van der Waals surface area contributed by atoms with Crippen molar-refractivity contribution in [3.05, 3.63) is 110 Å². The van der Waals surface area contributed by atoms with E-state index in [0.717, 1.165) is 8.47 Å². The Labute approximate surface area is 297 Å². The van der Waals surface area contributed by atoms with Crippen LogP contribution in [0.25, 0.3) is 0 Å². The number of halogens is 1. The van der Waals surface area contributed by atoms with Crippen molar-refractivity contribution in [2.24, 2.45) is 5.73 Å². The van der Waals surface area contributed by atoms with Crippen LogP contribution in [0, 0.1) is 19.1 Å². The number of para-hydroxylation sites is 1. The molecule has 1 saturated heterocycles. The molecule has 4 rings (SSSR count).